The molecule has 0 atom stereocenters. The molecule has 10 heteroatoms. The van der Waals surface area contributed by atoms with Crippen molar-refractivity contribution >= 4 is 33.6 Å². The fourth-order valence-electron chi connectivity index (χ4n) is 3.49. The third-order valence-corrected chi connectivity index (χ3v) is 4.64. The summed E-state index contributed by atoms with van der Waals surface area (Å²) >= 11 is 0. The molecule has 2 aromatic heterocycles. The number of carbonyl (C=O) groups is 1. The summed E-state index contributed by atoms with van der Waals surface area (Å²) in [5, 5.41) is 14.5. The van der Waals surface area contributed by atoms with E-state index in [1.165, 1.54) is 13.0 Å². The highest BCUT2D eigenvalue weighted by molar-refractivity contribution is 6.14. The van der Waals surface area contributed by atoms with Crippen molar-refractivity contribution in [1.82, 2.24) is 14.8 Å². The maximum absolute atomic E-state index is 13.9. The second-order valence-electron chi connectivity index (χ2n) is 6.30. The summed E-state index contributed by atoms with van der Waals surface area (Å²) in [6.45, 7) is 1.37. The van der Waals surface area contributed by atoms with Gasteiger partial charge < -0.3 is 9.72 Å². The number of aromatic nitrogens is 3. The fraction of sp³-hybridized carbons (Fsp3) is 0.150. The monoisotopic (exact) mass is 412 g/mol. The zero-order valence-corrected chi connectivity index (χ0v) is 15.3. The van der Waals surface area contributed by atoms with E-state index in [2.05, 4.69) is 10.1 Å². The molecule has 0 spiro atoms. The Hall–Kier alpha value is -4.09. The molecule has 0 amide bonds. The minimum atomic E-state index is -4.93. The number of hydrogen-bond acceptors (Lipinski definition) is 5. The standard InChI is InChI=1S/C20H11F3N4O3/c1-2-30-19(29)13-8-25-27(18(13)20(21,22)23)15-6-10(7-24)17-16-11(14(9-28)26-17)4-3-5-12(15)16/h3-6,8,26H,2H2,1H3. The molecule has 0 saturated carbocycles. The number of carbonyl (C=O) groups excluding carboxylic acids is 2. The lowest BCUT2D eigenvalue weighted by Crippen LogP contribution is -2.18. The van der Waals surface area contributed by atoms with Crippen molar-refractivity contribution in [2.24, 2.45) is 0 Å². The summed E-state index contributed by atoms with van der Waals surface area (Å²) in [6.07, 6.45) is -4.15. The van der Waals surface area contributed by atoms with E-state index in [1.54, 1.807) is 24.1 Å². The van der Waals surface area contributed by atoms with Crippen molar-refractivity contribution in [1.29, 1.82) is 5.26 Å². The van der Waals surface area contributed by atoms with E-state index < -0.39 is 23.4 Å². The lowest BCUT2D eigenvalue weighted by Gasteiger charge is -2.15. The number of halogens is 3. The molecule has 2 aromatic carbocycles. The number of nitrogens with one attached hydrogen (secondary N) is 1. The predicted molar refractivity (Wildman–Crippen MR) is 98.6 cm³/mol. The number of esters is 1. The molecule has 0 unspecified atom stereocenters. The van der Waals surface area contributed by atoms with E-state index in [-0.39, 0.29) is 23.2 Å². The zero-order valence-electron chi connectivity index (χ0n) is 15.3. The van der Waals surface area contributed by atoms with E-state index in [0.717, 1.165) is 6.20 Å². The Labute approximate surface area is 165 Å². The largest absolute Gasteiger partial charge is 0.462 e. The van der Waals surface area contributed by atoms with Crippen LogP contribution in [0.2, 0.25) is 0 Å². The molecule has 0 aliphatic heterocycles. The molecule has 0 fully saturated rings. The lowest BCUT2D eigenvalue weighted by atomic mass is 10.0. The topological polar surface area (TPSA) is 101 Å². The van der Waals surface area contributed by atoms with Crippen molar-refractivity contribution < 1.29 is 27.5 Å². The Morgan fingerprint density at radius 3 is 2.70 bits per heavy atom. The van der Waals surface area contributed by atoms with Crippen molar-refractivity contribution in [2.75, 3.05) is 6.61 Å². The van der Waals surface area contributed by atoms with Gasteiger partial charge in [-0.05, 0) is 13.0 Å². The van der Waals surface area contributed by atoms with Gasteiger partial charge in [0.15, 0.2) is 11.6 Å². The first-order valence-corrected chi connectivity index (χ1v) is 8.66. The highest BCUT2D eigenvalue weighted by Crippen LogP contribution is 2.37. The number of aromatic amines is 1. The van der Waals surface area contributed by atoms with Crippen LogP contribution in [0, 0.1) is 11.3 Å². The number of benzene rings is 2. The van der Waals surface area contributed by atoms with Crippen LogP contribution in [-0.2, 0) is 15.7 Å². The van der Waals surface area contributed by atoms with E-state index in [9.17, 15) is 28.0 Å². The van der Waals surface area contributed by atoms with Crippen LogP contribution in [0.4, 0.5) is 13.2 Å². The molecule has 7 nitrogen and oxygen atoms in total. The molecule has 1 N–H and O–H groups in total. The third-order valence-electron chi connectivity index (χ3n) is 4.64. The normalized spacial score (nSPS) is 11.6. The first kappa shape index (κ1) is 19.2. The molecule has 0 aliphatic carbocycles. The second kappa shape index (κ2) is 6.76. The Kier molecular flexibility index (Phi) is 4.33. The van der Waals surface area contributed by atoms with Crippen LogP contribution in [-0.4, -0.2) is 33.3 Å². The number of hydrogen-bond donors (Lipinski definition) is 1. The first-order valence-electron chi connectivity index (χ1n) is 8.66. The summed E-state index contributed by atoms with van der Waals surface area (Å²) in [5.74, 6) is 0.576. The summed E-state index contributed by atoms with van der Waals surface area (Å²) in [4.78, 5) is 26.1. The molecular formula is C20H11F3N4O3. The average molecular weight is 412 g/mol. The molecule has 0 aliphatic rings. The number of nitriles is 1. The van der Waals surface area contributed by atoms with Gasteiger partial charge in [0.05, 0.1) is 29.6 Å². The van der Waals surface area contributed by atoms with Gasteiger partial charge in [0.25, 0.3) is 0 Å². The van der Waals surface area contributed by atoms with Crippen LogP contribution in [0.15, 0.2) is 30.5 Å². The number of ether oxygens (including phenoxy) is 1. The van der Waals surface area contributed by atoms with Gasteiger partial charge in [-0.15, -0.1) is 0 Å². The Balaban J connectivity index is 2.14. The van der Waals surface area contributed by atoms with Crippen LogP contribution < -0.4 is 5.35 Å². The summed E-state index contributed by atoms with van der Waals surface area (Å²) < 4.78 is 47.0. The van der Waals surface area contributed by atoms with Crippen LogP contribution in [0.25, 0.3) is 27.4 Å². The Bertz CT molecular complexity index is 1440. The summed E-state index contributed by atoms with van der Waals surface area (Å²) in [7, 11) is 0. The zero-order chi connectivity index (χ0) is 21.6. The van der Waals surface area contributed by atoms with Crippen LogP contribution in [0.3, 0.4) is 0 Å². The molecule has 0 saturated heterocycles. The SMILES string of the molecule is CCOC(=O)c1cnn(-c2cc(C#N)c3[nH]c(=C=O)c4cccc2c34)c1C(F)(F)F. The van der Waals surface area contributed by atoms with Crippen molar-refractivity contribution in [2.45, 2.75) is 13.1 Å². The minimum Gasteiger partial charge on any atom is -0.462 e. The fourth-order valence-corrected chi connectivity index (χ4v) is 3.49. The molecule has 0 bridgehead atoms. The minimum absolute atomic E-state index is 0.0107. The van der Waals surface area contributed by atoms with Gasteiger partial charge in [-0.1, -0.05) is 18.2 Å². The van der Waals surface area contributed by atoms with E-state index >= 15 is 0 Å². The average Bonchev–Trinajstić information content (AvgIpc) is 3.32. The van der Waals surface area contributed by atoms with Crippen LogP contribution in [0.1, 0.15) is 28.5 Å². The van der Waals surface area contributed by atoms with E-state index in [1.807, 2.05) is 6.07 Å². The van der Waals surface area contributed by atoms with Crippen LogP contribution in [0.5, 0.6) is 0 Å². The number of nitrogens with zero attached hydrogens (tertiary/aromatic N) is 3. The molecule has 30 heavy (non-hydrogen) atoms. The molecule has 0 radical (unpaired) electrons. The number of rotatable bonds is 3. The number of H-pyrrole nitrogens is 1. The lowest BCUT2D eigenvalue weighted by molar-refractivity contribution is -0.143. The molecular weight excluding hydrogens is 401 g/mol. The van der Waals surface area contributed by atoms with Crippen molar-refractivity contribution in [3.63, 3.8) is 0 Å². The Morgan fingerprint density at radius 2 is 2.07 bits per heavy atom. The van der Waals surface area contributed by atoms with Gasteiger partial charge >= 0.3 is 12.1 Å². The number of alkyl halides is 3. The quantitative estimate of drug-likeness (QED) is 0.522. The van der Waals surface area contributed by atoms with Crippen molar-refractivity contribution in [3.05, 3.63) is 52.6 Å². The predicted octanol–water partition coefficient (Wildman–Crippen LogP) is 2.80. The first-order chi connectivity index (χ1) is 14.3. The highest BCUT2D eigenvalue weighted by Gasteiger charge is 2.41. The van der Waals surface area contributed by atoms with Crippen LogP contribution >= 0.6 is 0 Å². The third kappa shape index (κ3) is 2.72. The molecule has 150 valence electrons. The maximum atomic E-state index is 13.9. The molecule has 4 aromatic rings. The van der Waals surface area contributed by atoms with Gasteiger partial charge in [-0.25, -0.2) is 14.3 Å². The van der Waals surface area contributed by atoms with Crippen molar-refractivity contribution in [3.8, 4) is 11.8 Å². The highest BCUT2D eigenvalue weighted by atomic mass is 19.4. The van der Waals surface area contributed by atoms with E-state index in [0.29, 0.717) is 26.4 Å². The summed E-state index contributed by atoms with van der Waals surface area (Å²) in [6, 6.07) is 7.83. The smallest absolute Gasteiger partial charge is 0.434 e. The van der Waals surface area contributed by atoms with Gasteiger partial charge in [0.2, 0.25) is 0 Å². The molecule has 2 heterocycles. The van der Waals surface area contributed by atoms with Gasteiger partial charge in [-0.2, -0.15) is 23.5 Å². The second-order valence-corrected chi connectivity index (χ2v) is 6.30. The maximum Gasteiger partial charge on any atom is 0.434 e. The van der Waals surface area contributed by atoms with Gasteiger partial charge in [0, 0.05) is 16.2 Å². The Morgan fingerprint density at radius 1 is 1.33 bits per heavy atom. The van der Waals surface area contributed by atoms with E-state index in [4.69, 9.17) is 4.74 Å². The van der Waals surface area contributed by atoms with Gasteiger partial charge in [0.1, 0.15) is 17.0 Å². The van der Waals surface area contributed by atoms with Gasteiger partial charge in [-0.3, -0.25) is 0 Å². The summed E-state index contributed by atoms with van der Waals surface area (Å²) in [5.41, 5.74) is -1.81. The molecule has 4 rings (SSSR count).